The van der Waals surface area contributed by atoms with E-state index in [0.29, 0.717) is 5.75 Å². The smallest absolute Gasteiger partial charge is 0.268 e. The van der Waals surface area contributed by atoms with Crippen molar-refractivity contribution in [3.8, 4) is 5.75 Å². The van der Waals surface area contributed by atoms with Gasteiger partial charge in [0.15, 0.2) is 6.61 Å². The molecule has 0 aliphatic heterocycles. The Labute approximate surface area is 180 Å². The second kappa shape index (κ2) is 10.6. The Hall–Kier alpha value is -4.13. The number of anilines is 1. The molecule has 3 rings (SSSR count). The SMILES string of the molecule is COc1ccc(CN(C(=O)CO/N=C\c2ccccc2)c2ccccc2C(=O)[O-])cc1. The van der Waals surface area contributed by atoms with E-state index in [0.717, 1.165) is 11.1 Å². The van der Waals surface area contributed by atoms with Gasteiger partial charge in [0.2, 0.25) is 0 Å². The number of ether oxygens (including phenoxy) is 1. The van der Waals surface area contributed by atoms with Crippen LogP contribution in [0.2, 0.25) is 0 Å². The second-order valence-corrected chi connectivity index (χ2v) is 6.55. The number of hydrogen-bond donors (Lipinski definition) is 0. The lowest BCUT2D eigenvalue weighted by Crippen LogP contribution is -2.35. The number of aromatic carboxylic acids is 1. The molecular formula is C24H21N2O5-. The number of carboxylic acids is 1. The molecule has 0 aromatic heterocycles. The topological polar surface area (TPSA) is 91.3 Å². The van der Waals surface area contributed by atoms with E-state index in [4.69, 9.17) is 9.57 Å². The van der Waals surface area contributed by atoms with Gasteiger partial charge in [-0.05, 0) is 29.3 Å². The molecule has 1 amide bonds. The van der Waals surface area contributed by atoms with Gasteiger partial charge in [0.1, 0.15) is 5.75 Å². The Kier molecular flexibility index (Phi) is 7.37. The number of hydrogen-bond acceptors (Lipinski definition) is 6. The van der Waals surface area contributed by atoms with E-state index >= 15 is 0 Å². The molecule has 0 bridgehead atoms. The molecule has 0 fully saturated rings. The van der Waals surface area contributed by atoms with Crippen LogP contribution >= 0.6 is 0 Å². The monoisotopic (exact) mass is 417 g/mol. The zero-order chi connectivity index (χ0) is 22.1. The van der Waals surface area contributed by atoms with Crippen LogP contribution < -0.4 is 14.7 Å². The molecule has 7 heteroatoms. The molecule has 0 saturated carbocycles. The zero-order valence-corrected chi connectivity index (χ0v) is 16.9. The van der Waals surface area contributed by atoms with Gasteiger partial charge < -0.3 is 24.4 Å². The summed E-state index contributed by atoms with van der Waals surface area (Å²) in [5, 5.41) is 15.4. The molecule has 0 atom stereocenters. The van der Waals surface area contributed by atoms with Crippen LogP contribution in [0, 0.1) is 0 Å². The van der Waals surface area contributed by atoms with Crippen molar-refractivity contribution in [2.45, 2.75) is 6.54 Å². The molecule has 0 saturated heterocycles. The van der Waals surface area contributed by atoms with Gasteiger partial charge in [-0.25, -0.2) is 0 Å². The fourth-order valence-electron chi connectivity index (χ4n) is 2.91. The number of methoxy groups -OCH3 is 1. The highest BCUT2D eigenvalue weighted by molar-refractivity contribution is 6.01. The third kappa shape index (κ3) is 5.93. The fourth-order valence-corrected chi connectivity index (χ4v) is 2.91. The summed E-state index contributed by atoms with van der Waals surface area (Å²) in [4.78, 5) is 31.0. The number of benzene rings is 3. The maximum Gasteiger partial charge on any atom is 0.268 e. The predicted octanol–water partition coefficient (Wildman–Crippen LogP) is 2.64. The molecule has 0 aliphatic carbocycles. The Morgan fingerprint density at radius 1 is 0.968 bits per heavy atom. The van der Waals surface area contributed by atoms with Crippen molar-refractivity contribution in [2.24, 2.45) is 5.16 Å². The average molecular weight is 417 g/mol. The standard InChI is InChI=1S/C24H22N2O5/c1-30-20-13-11-19(12-14-20)16-26(22-10-6-5-9-21(22)24(28)29)23(27)17-31-25-15-18-7-3-2-4-8-18/h2-15H,16-17H2,1H3,(H,28,29)/p-1/b25-15-. The van der Waals surface area contributed by atoms with Crippen LogP contribution in [-0.2, 0) is 16.2 Å². The molecule has 158 valence electrons. The van der Waals surface area contributed by atoms with Crippen LogP contribution in [0.15, 0.2) is 84.0 Å². The largest absolute Gasteiger partial charge is 0.545 e. The number of oxime groups is 1. The van der Waals surface area contributed by atoms with Crippen LogP contribution in [0.5, 0.6) is 5.75 Å². The van der Waals surface area contributed by atoms with Crippen LogP contribution in [0.25, 0.3) is 0 Å². The fraction of sp³-hybridized carbons (Fsp3) is 0.125. The number of carbonyl (C=O) groups excluding carboxylic acids is 2. The summed E-state index contributed by atoms with van der Waals surface area (Å²) in [7, 11) is 1.56. The minimum atomic E-state index is -1.37. The van der Waals surface area contributed by atoms with Crippen LogP contribution in [0.1, 0.15) is 21.5 Å². The number of rotatable bonds is 9. The third-order valence-electron chi connectivity index (χ3n) is 4.48. The van der Waals surface area contributed by atoms with Crippen molar-refractivity contribution in [2.75, 3.05) is 18.6 Å². The maximum absolute atomic E-state index is 12.9. The Morgan fingerprint density at radius 3 is 2.32 bits per heavy atom. The molecule has 0 radical (unpaired) electrons. The van der Waals surface area contributed by atoms with Crippen molar-refractivity contribution in [1.82, 2.24) is 0 Å². The molecule has 0 heterocycles. The second-order valence-electron chi connectivity index (χ2n) is 6.55. The van der Waals surface area contributed by atoms with Crippen LogP contribution in [-0.4, -0.2) is 31.8 Å². The molecule has 0 unspecified atom stereocenters. The van der Waals surface area contributed by atoms with Gasteiger partial charge in [-0.15, -0.1) is 0 Å². The first-order valence-corrected chi connectivity index (χ1v) is 9.52. The average Bonchev–Trinajstić information content (AvgIpc) is 2.81. The summed E-state index contributed by atoms with van der Waals surface area (Å²) in [6.45, 7) is -0.222. The van der Waals surface area contributed by atoms with Gasteiger partial charge in [-0.1, -0.05) is 65.8 Å². The highest BCUT2D eigenvalue weighted by Gasteiger charge is 2.20. The Bertz CT molecular complexity index is 1050. The maximum atomic E-state index is 12.9. The number of carbonyl (C=O) groups is 2. The van der Waals surface area contributed by atoms with E-state index in [9.17, 15) is 14.7 Å². The van der Waals surface area contributed by atoms with Crippen molar-refractivity contribution in [3.63, 3.8) is 0 Å². The van der Waals surface area contributed by atoms with Crippen molar-refractivity contribution < 1.29 is 24.3 Å². The number of nitrogens with zero attached hydrogens (tertiary/aromatic N) is 2. The summed E-state index contributed by atoms with van der Waals surface area (Å²) < 4.78 is 5.16. The van der Waals surface area contributed by atoms with Gasteiger partial charge in [-0.3, -0.25) is 4.79 Å². The minimum Gasteiger partial charge on any atom is -0.545 e. The van der Waals surface area contributed by atoms with E-state index < -0.39 is 11.9 Å². The molecule has 7 nitrogen and oxygen atoms in total. The first-order chi connectivity index (χ1) is 15.1. The summed E-state index contributed by atoms with van der Waals surface area (Å²) in [6, 6.07) is 22.6. The minimum absolute atomic E-state index is 0.0860. The Balaban J connectivity index is 1.80. The van der Waals surface area contributed by atoms with E-state index in [1.807, 2.05) is 30.3 Å². The molecule has 3 aromatic rings. The van der Waals surface area contributed by atoms with Gasteiger partial charge in [0, 0.05) is 5.56 Å². The highest BCUT2D eigenvalue weighted by Crippen LogP contribution is 2.23. The van der Waals surface area contributed by atoms with E-state index in [1.165, 1.54) is 17.2 Å². The molecule has 31 heavy (non-hydrogen) atoms. The van der Waals surface area contributed by atoms with Gasteiger partial charge >= 0.3 is 0 Å². The Morgan fingerprint density at radius 2 is 1.65 bits per heavy atom. The molecule has 0 aliphatic rings. The predicted molar refractivity (Wildman–Crippen MR) is 115 cm³/mol. The van der Waals surface area contributed by atoms with Gasteiger partial charge in [-0.2, -0.15) is 0 Å². The van der Waals surface area contributed by atoms with Crippen LogP contribution in [0.4, 0.5) is 5.69 Å². The lowest BCUT2D eigenvalue weighted by molar-refractivity contribution is -0.254. The quantitative estimate of drug-likeness (QED) is 0.394. The van der Waals surface area contributed by atoms with Crippen LogP contribution in [0.3, 0.4) is 0 Å². The van der Waals surface area contributed by atoms with E-state index in [1.54, 1.807) is 49.6 Å². The molecule has 0 spiro atoms. The lowest BCUT2D eigenvalue weighted by Gasteiger charge is -2.25. The number of amides is 1. The normalized spacial score (nSPS) is 10.6. The van der Waals surface area contributed by atoms with Crippen molar-refractivity contribution in [1.29, 1.82) is 0 Å². The van der Waals surface area contributed by atoms with E-state index in [-0.39, 0.29) is 24.4 Å². The molecular weight excluding hydrogens is 396 g/mol. The molecule has 0 N–H and O–H groups in total. The first-order valence-electron chi connectivity index (χ1n) is 9.52. The zero-order valence-electron chi connectivity index (χ0n) is 16.9. The summed E-state index contributed by atoms with van der Waals surface area (Å²) in [6.07, 6.45) is 1.50. The van der Waals surface area contributed by atoms with Gasteiger partial charge in [0.25, 0.3) is 5.91 Å². The van der Waals surface area contributed by atoms with Crippen molar-refractivity contribution in [3.05, 3.63) is 95.6 Å². The number of carboxylic acid groups (broad SMARTS) is 1. The lowest BCUT2D eigenvalue weighted by atomic mass is 10.1. The highest BCUT2D eigenvalue weighted by atomic mass is 16.6. The summed E-state index contributed by atoms with van der Waals surface area (Å²) >= 11 is 0. The van der Waals surface area contributed by atoms with E-state index in [2.05, 4.69) is 5.16 Å². The molecule has 3 aromatic carbocycles. The summed E-state index contributed by atoms with van der Waals surface area (Å²) in [5.74, 6) is -1.14. The number of para-hydroxylation sites is 1. The van der Waals surface area contributed by atoms with Crippen molar-refractivity contribution >= 4 is 23.8 Å². The third-order valence-corrected chi connectivity index (χ3v) is 4.48. The van der Waals surface area contributed by atoms with Gasteiger partial charge in [0.05, 0.1) is 31.5 Å². The first kappa shape index (κ1) is 21.6. The summed E-state index contributed by atoms with van der Waals surface area (Å²) in [5.41, 5.74) is 1.75.